The number of carbonyl (C=O) groups excluding carboxylic acids is 1. The van der Waals surface area contributed by atoms with Crippen LogP contribution in [0.2, 0.25) is 0 Å². The molecule has 1 aromatic heterocycles. The number of amides is 1. The van der Waals surface area contributed by atoms with Crippen LogP contribution in [0.3, 0.4) is 0 Å². The molecular formula is C11H10BrN3O2. The highest BCUT2D eigenvalue weighted by Gasteiger charge is 2.08. The van der Waals surface area contributed by atoms with E-state index in [0.29, 0.717) is 17.0 Å². The van der Waals surface area contributed by atoms with Crippen LogP contribution in [0.4, 0.5) is 5.69 Å². The number of ether oxygens (including phenoxy) is 1. The van der Waals surface area contributed by atoms with Gasteiger partial charge in [-0.3, -0.25) is 9.89 Å². The zero-order chi connectivity index (χ0) is 12.3. The zero-order valence-electron chi connectivity index (χ0n) is 9.03. The van der Waals surface area contributed by atoms with E-state index in [9.17, 15) is 4.79 Å². The second-order valence-electron chi connectivity index (χ2n) is 3.29. The van der Waals surface area contributed by atoms with Crippen LogP contribution < -0.4 is 10.1 Å². The molecule has 1 aromatic carbocycles. The molecule has 0 radical (unpaired) electrons. The van der Waals surface area contributed by atoms with E-state index in [1.54, 1.807) is 19.2 Å². The van der Waals surface area contributed by atoms with Gasteiger partial charge in [0.1, 0.15) is 5.75 Å². The Morgan fingerprint density at radius 1 is 1.53 bits per heavy atom. The molecule has 5 nitrogen and oxygen atoms in total. The van der Waals surface area contributed by atoms with Gasteiger partial charge >= 0.3 is 0 Å². The number of nitrogens with one attached hydrogen (secondary N) is 2. The molecule has 2 N–H and O–H groups in total. The summed E-state index contributed by atoms with van der Waals surface area (Å²) in [5.41, 5.74) is 1.14. The monoisotopic (exact) mass is 295 g/mol. The van der Waals surface area contributed by atoms with Gasteiger partial charge in [0.05, 0.1) is 23.3 Å². The molecule has 1 amide bonds. The Kier molecular flexibility index (Phi) is 3.43. The van der Waals surface area contributed by atoms with Crippen molar-refractivity contribution in [1.29, 1.82) is 0 Å². The van der Waals surface area contributed by atoms with Crippen LogP contribution >= 0.6 is 15.9 Å². The molecule has 0 atom stereocenters. The minimum Gasteiger partial charge on any atom is -0.495 e. The first kappa shape index (κ1) is 11.7. The van der Waals surface area contributed by atoms with Gasteiger partial charge in [0.15, 0.2) is 0 Å². The highest BCUT2D eigenvalue weighted by molar-refractivity contribution is 9.10. The maximum atomic E-state index is 11.7. The van der Waals surface area contributed by atoms with E-state index in [4.69, 9.17) is 4.74 Å². The van der Waals surface area contributed by atoms with Crippen molar-refractivity contribution in [1.82, 2.24) is 10.2 Å². The lowest BCUT2D eigenvalue weighted by Gasteiger charge is -2.07. The molecule has 0 aliphatic rings. The van der Waals surface area contributed by atoms with Crippen molar-refractivity contribution in [3.05, 3.63) is 40.6 Å². The van der Waals surface area contributed by atoms with Crippen molar-refractivity contribution in [3.8, 4) is 5.75 Å². The SMILES string of the molecule is COc1cc(NC(=O)c2cn[nH]c2)ccc1Br. The molecule has 0 aliphatic heterocycles. The molecule has 6 heteroatoms. The van der Waals surface area contributed by atoms with Gasteiger partial charge in [-0.2, -0.15) is 5.10 Å². The molecule has 88 valence electrons. The van der Waals surface area contributed by atoms with Gasteiger partial charge in [0.25, 0.3) is 5.91 Å². The Morgan fingerprint density at radius 2 is 2.35 bits per heavy atom. The molecule has 0 bridgehead atoms. The number of rotatable bonds is 3. The van der Waals surface area contributed by atoms with Crippen molar-refractivity contribution >= 4 is 27.5 Å². The second-order valence-corrected chi connectivity index (χ2v) is 4.14. The molecule has 0 spiro atoms. The van der Waals surface area contributed by atoms with E-state index in [2.05, 4.69) is 31.4 Å². The molecule has 2 rings (SSSR count). The second kappa shape index (κ2) is 5.01. The van der Waals surface area contributed by atoms with Gasteiger partial charge in [0.2, 0.25) is 0 Å². The van der Waals surface area contributed by atoms with Crippen LogP contribution in [-0.2, 0) is 0 Å². The third-order valence-corrected chi connectivity index (χ3v) is 2.82. The highest BCUT2D eigenvalue weighted by Crippen LogP contribution is 2.27. The minimum atomic E-state index is -0.219. The number of nitrogens with zero attached hydrogens (tertiary/aromatic N) is 1. The van der Waals surface area contributed by atoms with E-state index in [-0.39, 0.29) is 5.91 Å². The number of carbonyl (C=O) groups is 1. The lowest BCUT2D eigenvalue weighted by molar-refractivity contribution is 0.102. The van der Waals surface area contributed by atoms with Gasteiger partial charge in [-0.1, -0.05) is 0 Å². The number of anilines is 1. The van der Waals surface area contributed by atoms with Gasteiger partial charge < -0.3 is 10.1 Å². The molecule has 0 saturated heterocycles. The van der Waals surface area contributed by atoms with E-state index < -0.39 is 0 Å². The van der Waals surface area contributed by atoms with Crippen molar-refractivity contribution < 1.29 is 9.53 Å². The summed E-state index contributed by atoms with van der Waals surface area (Å²) in [7, 11) is 1.57. The fourth-order valence-electron chi connectivity index (χ4n) is 1.32. The van der Waals surface area contributed by atoms with Crippen molar-refractivity contribution in [3.63, 3.8) is 0 Å². The summed E-state index contributed by atoms with van der Waals surface area (Å²) in [4.78, 5) is 11.7. The lowest BCUT2D eigenvalue weighted by Crippen LogP contribution is -2.10. The van der Waals surface area contributed by atoms with Gasteiger partial charge in [-0.05, 0) is 28.1 Å². The van der Waals surface area contributed by atoms with Gasteiger partial charge in [0, 0.05) is 18.0 Å². The van der Waals surface area contributed by atoms with Crippen molar-refractivity contribution in [2.45, 2.75) is 0 Å². The van der Waals surface area contributed by atoms with Crippen LogP contribution in [0, 0.1) is 0 Å². The number of aromatic amines is 1. The van der Waals surface area contributed by atoms with Crippen LogP contribution in [0.5, 0.6) is 5.75 Å². The summed E-state index contributed by atoms with van der Waals surface area (Å²) in [6, 6.07) is 5.33. The molecule has 0 fully saturated rings. The number of H-pyrrole nitrogens is 1. The topological polar surface area (TPSA) is 67.0 Å². The fourth-order valence-corrected chi connectivity index (χ4v) is 1.72. The third-order valence-electron chi connectivity index (χ3n) is 2.17. The largest absolute Gasteiger partial charge is 0.495 e. The van der Waals surface area contributed by atoms with Gasteiger partial charge in [-0.25, -0.2) is 0 Å². The molecule has 1 heterocycles. The number of halogens is 1. The van der Waals surface area contributed by atoms with Crippen molar-refractivity contribution in [2.75, 3.05) is 12.4 Å². The number of hydrogen-bond donors (Lipinski definition) is 2. The summed E-state index contributed by atoms with van der Waals surface area (Å²) in [5, 5.41) is 9.05. The maximum absolute atomic E-state index is 11.7. The number of hydrogen-bond acceptors (Lipinski definition) is 3. The van der Waals surface area contributed by atoms with Crippen molar-refractivity contribution in [2.24, 2.45) is 0 Å². The van der Waals surface area contributed by atoms with E-state index in [1.807, 2.05) is 6.07 Å². The fraction of sp³-hybridized carbons (Fsp3) is 0.0909. The Hall–Kier alpha value is -1.82. The summed E-state index contributed by atoms with van der Waals surface area (Å²) < 4.78 is 5.98. The normalized spacial score (nSPS) is 10.0. The standard InChI is InChI=1S/C11H10BrN3O2/c1-17-10-4-8(2-3-9(10)12)15-11(16)7-5-13-14-6-7/h2-6H,1H3,(H,13,14)(H,15,16). The molecule has 2 aromatic rings. The third kappa shape index (κ3) is 2.65. The average Bonchev–Trinajstić information content (AvgIpc) is 2.85. The smallest absolute Gasteiger partial charge is 0.258 e. The van der Waals surface area contributed by atoms with Gasteiger partial charge in [-0.15, -0.1) is 0 Å². The number of benzene rings is 1. The highest BCUT2D eigenvalue weighted by atomic mass is 79.9. The lowest BCUT2D eigenvalue weighted by atomic mass is 10.2. The summed E-state index contributed by atoms with van der Waals surface area (Å²) in [6.07, 6.45) is 3.00. The van der Waals surface area contributed by atoms with E-state index in [1.165, 1.54) is 12.4 Å². The predicted octanol–water partition coefficient (Wildman–Crippen LogP) is 2.43. The summed E-state index contributed by atoms with van der Waals surface area (Å²) in [6.45, 7) is 0. The minimum absolute atomic E-state index is 0.219. The predicted molar refractivity (Wildman–Crippen MR) is 67.2 cm³/mol. The molecule has 0 unspecified atom stereocenters. The number of methoxy groups -OCH3 is 1. The van der Waals surface area contributed by atoms with Crippen LogP contribution in [0.1, 0.15) is 10.4 Å². The summed E-state index contributed by atoms with van der Waals surface area (Å²) >= 11 is 3.34. The quantitative estimate of drug-likeness (QED) is 0.914. The Labute approximate surface area is 106 Å². The first-order valence-corrected chi connectivity index (χ1v) is 5.63. The molecule has 17 heavy (non-hydrogen) atoms. The van der Waals surface area contributed by atoms with Crippen LogP contribution in [0.15, 0.2) is 35.1 Å². The van der Waals surface area contributed by atoms with E-state index >= 15 is 0 Å². The number of aromatic nitrogens is 2. The maximum Gasteiger partial charge on any atom is 0.258 e. The first-order chi connectivity index (χ1) is 8.20. The Bertz CT molecular complexity index is 526. The Morgan fingerprint density at radius 3 is 3.00 bits per heavy atom. The Balaban J connectivity index is 2.16. The molecular weight excluding hydrogens is 286 g/mol. The average molecular weight is 296 g/mol. The van der Waals surface area contributed by atoms with E-state index in [0.717, 1.165) is 4.47 Å². The summed E-state index contributed by atoms with van der Waals surface area (Å²) in [5.74, 6) is 0.443. The zero-order valence-corrected chi connectivity index (χ0v) is 10.6. The first-order valence-electron chi connectivity index (χ1n) is 4.84. The van der Waals surface area contributed by atoms with Crippen LogP contribution in [-0.4, -0.2) is 23.2 Å². The molecule has 0 saturated carbocycles. The molecule has 0 aliphatic carbocycles. The van der Waals surface area contributed by atoms with Crippen LogP contribution in [0.25, 0.3) is 0 Å².